The van der Waals surface area contributed by atoms with Gasteiger partial charge in [0.15, 0.2) is 0 Å². The maximum atomic E-state index is 12.3. The number of hydrogen-bond acceptors (Lipinski definition) is 3. The second kappa shape index (κ2) is 7.38. The van der Waals surface area contributed by atoms with Crippen molar-refractivity contribution in [2.75, 3.05) is 27.8 Å². The Kier molecular flexibility index (Phi) is 6.15. The smallest absolute Gasteiger partial charge is 0.253 e. The normalized spacial score (nSPS) is 10.2. The van der Waals surface area contributed by atoms with Gasteiger partial charge in [-0.3, -0.25) is 4.79 Å². The highest BCUT2D eigenvalue weighted by Crippen LogP contribution is 2.35. The molecule has 0 spiro atoms. The maximum absolute atomic E-state index is 12.3. The quantitative estimate of drug-likeness (QED) is 0.803. The number of benzene rings is 1. The molecule has 0 fully saturated rings. The molecule has 0 aliphatic carbocycles. The van der Waals surface area contributed by atoms with Crippen LogP contribution in [-0.4, -0.2) is 38.6 Å². The van der Waals surface area contributed by atoms with Crippen LogP contribution in [0.3, 0.4) is 0 Å². The summed E-state index contributed by atoms with van der Waals surface area (Å²) in [4.78, 5) is 14.0. The summed E-state index contributed by atoms with van der Waals surface area (Å²) in [6.07, 6.45) is 2.05. The lowest BCUT2D eigenvalue weighted by molar-refractivity contribution is 0.0792. The highest BCUT2D eigenvalue weighted by molar-refractivity contribution is 9.10. The van der Waals surface area contributed by atoms with E-state index >= 15 is 0 Å². The number of rotatable bonds is 6. The van der Waals surface area contributed by atoms with Crippen molar-refractivity contribution in [2.24, 2.45) is 0 Å². The van der Waals surface area contributed by atoms with Crippen LogP contribution in [0, 0.1) is 0 Å². The van der Waals surface area contributed by atoms with Gasteiger partial charge < -0.3 is 14.4 Å². The minimum Gasteiger partial charge on any atom is -0.495 e. The van der Waals surface area contributed by atoms with Gasteiger partial charge in [0, 0.05) is 19.2 Å². The number of carbonyl (C=O) groups excluding carboxylic acids is 1. The number of ether oxygens (including phenoxy) is 2. The second-order valence-corrected chi connectivity index (χ2v) is 5.07. The molecule has 0 aliphatic rings. The van der Waals surface area contributed by atoms with Gasteiger partial charge in [-0.2, -0.15) is 0 Å². The van der Waals surface area contributed by atoms with Gasteiger partial charge in [0.05, 0.1) is 14.2 Å². The molecule has 1 aromatic rings. The lowest BCUT2D eigenvalue weighted by atomic mass is 10.1. The van der Waals surface area contributed by atoms with Crippen molar-refractivity contribution in [1.29, 1.82) is 0 Å². The fourth-order valence-corrected chi connectivity index (χ4v) is 2.26. The average Bonchev–Trinajstić information content (AvgIpc) is 2.44. The third-order valence-electron chi connectivity index (χ3n) is 2.89. The summed E-state index contributed by atoms with van der Waals surface area (Å²) < 4.78 is 11.2. The Morgan fingerprint density at radius 3 is 2.21 bits per heavy atom. The summed E-state index contributed by atoms with van der Waals surface area (Å²) in [6, 6.07) is 3.44. The van der Waals surface area contributed by atoms with Crippen molar-refractivity contribution < 1.29 is 14.3 Å². The molecule has 19 heavy (non-hydrogen) atoms. The summed E-state index contributed by atoms with van der Waals surface area (Å²) in [5, 5.41) is 0. The largest absolute Gasteiger partial charge is 0.495 e. The van der Waals surface area contributed by atoms with Crippen LogP contribution < -0.4 is 9.47 Å². The van der Waals surface area contributed by atoms with Crippen LogP contribution in [-0.2, 0) is 0 Å². The minimum absolute atomic E-state index is 0.0300. The Bertz CT molecular complexity index is 423. The number of unbranched alkanes of at least 4 members (excludes halogenated alkanes) is 1. The van der Waals surface area contributed by atoms with Gasteiger partial charge in [0.25, 0.3) is 5.91 Å². The summed E-state index contributed by atoms with van der Waals surface area (Å²) in [5.74, 6) is 1.15. The maximum Gasteiger partial charge on any atom is 0.253 e. The lowest BCUT2D eigenvalue weighted by Crippen LogP contribution is -2.27. The van der Waals surface area contributed by atoms with Crippen LogP contribution >= 0.6 is 15.9 Å². The van der Waals surface area contributed by atoms with E-state index in [9.17, 15) is 4.79 Å². The molecule has 0 heterocycles. The van der Waals surface area contributed by atoms with E-state index in [0.717, 1.165) is 19.4 Å². The summed E-state index contributed by atoms with van der Waals surface area (Å²) >= 11 is 3.39. The molecule has 4 nitrogen and oxygen atoms in total. The molecular weight excluding hydrogens is 310 g/mol. The van der Waals surface area contributed by atoms with E-state index < -0.39 is 0 Å². The molecule has 0 atom stereocenters. The predicted molar refractivity (Wildman–Crippen MR) is 79.1 cm³/mol. The van der Waals surface area contributed by atoms with Crippen LogP contribution in [0.2, 0.25) is 0 Å². The summed E-state index contributed by atoms with van der Waals surface area (Å²) in [5.41, 5.74) is 0.565. The third kappa shape index (κ3) is 3.86. The fourth-order valence-electron chi connectivity index (χ4n) is 1.71. The van der Waals surface area contributed by atoms with Gasteiger partial charge in [0.1, 0.15) is 16.0 Å². The van der Waals surface area contributed by atoms with Crippen LogP contribution in [0.5, 0.6) is 11.5 Å². The Balaban J connectivity index is 3.03. The molecule has 0 unspecified atom stereocenters. The number of hydrogen-bond donors (Lipinski definition) is 0. The molecule has 1 rings (SSSR count). The first-order chi connectivity index (χ1) is 9.04. The zero-order valence-electron chi connectivity index (χ0n) is 11.8. The molecule has 0 bridgehead atoms. The molecular formula is C14H20BrNO3. The molecule has 0 aromatic heterocycles. The standard InChI is InChI=1S/C14H20BrNO3/c1-5-6-7-16(2)14(17)10-8-11(18-3)13(15)12(9-10)19-4/h8-9H,5-7H2,1-4H3. The number of amides is 1. The molecule has 0 N–H and O–H groups in total. The van der Waals surface area contributed by atoms with Crippen molar-refractivity contribution in [3.8, 4) is 11.5 Å². The molecule has 1 amide bonds. The number of halogens is 1. The molecule has 5 heteroatoms. The minimum atomic E-state index is -0.0300. The molecule has 0 saturated heterocycles. The van der Waals surface area contributed by atoms with E-state index in [1.54, 1.807) is 38.3 Å². The Morgan fingerprint density at radius 1 is 1.26 bits per heavy atom. The van der Waals surface area contributed by atoms with E-state index in [2.05, 4.69) is 22.9 Å². The Morgan fingerprint density at radius 2 is 1.79 bits per heavy atom. The van der Waals surface area contributed by atoms with Crippen LogP contribution in [0.1, 0.15) is 30.1 Å². The topological polar surface area (TPSA) is 38.8 Å². The second-order valence-electron chi connectivity index (χ2n) is 4.28. The molecule has 0 radical (unpaired) electrons. The Labute approximate surface area is 122 Å². The molecule has 0 aliphatic heterocycles. The van der Waals surface area contributed by atoms with Gasteiger partial charge in [-0.25, -0.2) is 0 Å². The zero-order valence-corrected chi connectivity index (χ0v) is 13.4. The summed E-state index contributed by atoms with van der Waals surface area (Å²) in [7, 11) is 4.93. The first-order valence-corrected chi connectivity index (χ1v) is 7.01. The van der Waals surface area contributed by atoms with Crippen molar-refractivity contribution in [3.63, 3.8) is 0 Å². The number of nitrogens with zero attached hydrogens (tertiary/aromatic N) is 1. The predicted octanol–water partition coefficient (Wildman–Crippen LogP) is 3.34. The van der Waals surface area contributed by atoms with E-state index in [4.69, 9.17) is 9.47 Å². The van der Waals surface area contributed by atoms with Crippen molar-refractivity contribution in [2.45, 2.75) is 19.8 Å². The van der Waals surface area contributed by atoms with E-state index in [0.29, 0.717) is 21.5 Å². The fraction of sp³-hybridized carbons (Fsp3) is 0.500. The highest BCUT2D eigenvalue weighted by Gasteiger charge is 2.17. The van der Waals surface area contributed by atoms with Gasteiger partial charge in [-0.05, 0) is 34.5 Å². The lowest BCUT2D eigenvalue weighted by Gasteiger charge is -2.18. The van der Waals surface area contributed by atoms with E-state index in [-0.39, 0.29) is 5.91 Å². The molecule has 0 saturated carbocycles. The first-order valence-electron chi connectivity index (χ1n) is 6.22. The number of methoxy groups -OCH3 is 2. The Hall–Kier alpha value is -1.23. The van der Waals surface area contributed by atoms with E-state index in [1.165, 1.54) is 0 Å². The van der Waals surface area contributed by atoms with E-state index in [1.807, 2.05) is 0 Å². The van der Waals surface area contributed by atoms with Gasteiger partial charge in [-0.15, -0.1) is 0 Å². The van der Waals surface area contributed by atoms with Crippen LogP contribution in [0.15, 0.2) is 16.6 Å². The third-order valence-corrected chi connectivity index (χ3v) is 3.67. The number of carbonyl (C=O) groups is 1. The highest BCUT2D eigenvalue weighted by atomic mass is 79.9. The SMILES string of the molecule is CCCCN(C)C(=O)c1cc(OC)c(Br)c(OC)c1. The van der Waals surface area contributed by atoms with Crippen LogP contribution in [0.25, 0.3) is 0 Å². The monoisotopic (exact) mass is 329 g/mol. The van der Waals surface area contributed by atoms with Crippen molar-refractivity contribution in [3.05, 3.63) is 22.2 Å². The van der Waals surface area contributed by atoms with Crippen LogP contribution in [0.4, 0.5) is 0 Å². The molecule has 106 valence electrons. The molecule has 1 aromatic carbocycles. The van der Waals surface area contributed by atoms with Gasteiger partial charge in [-0.1, -0.05) is 13.3 Å². The van der Waals surface area contributed by atoms with Gasteiger partial charge >= 0.3 is 0 Å². The zero-order chi connectivity index (χ0) is 14.4. The average molecular weight is 330 g/mol. The first kappa shape index (κ1) is 15.8. The summed E-state index contributed by atoms with van der Waals surface area (Å²) in [6.45, 7) is 2.85. The van der Waals surface area contributed by atoms with Crippen molar-refractivity contribution >= 4 is 21.8 Å². The van der Waals surface area contributed by atoms with Crippen molar-refractivity contribution in [1.82, 2.24) is 4.90 Å². The van der Waals surface area contributed by atoms with Gasteiger partial charge in [0.2, 0.25) is 0 Å².